The van der Waals surface area contributed by atoms with Crippen LogP contribution in [-0.2, 0) is 0 Å². The predicted octanol–water partition coefficient (Wildman–Crippen LogP) is 3.38. The molecule has 0 saturated heterocycles. The molecule has 1 aromatic rings. The maximum absolute atomic E-state index is 6.19. The lowest BCUT2D eigenvalue weighted by Crippen LogP contribution is -2.37. The fraction of sp³-hybridized carbons (Fsp3) is 0.600. The van der Waals surface area contributed by atoms with Crippen molar-refractivity contribution < 1.29 is 9.47 Å². The maximum Gasteiger partial charge on any atom is 0.128 e. The highest BCUT2D eigenvalue weighted by Crippen LogP contribution is 2.39. The highest BCUT2D eigenvalue weighted by molar-refractivity contribution is 7.98. The molecule has 4 heteroatoms. The number of nitrogens with two attached hydrogens (primary N) is 1. The Hall–Kier alpha value is -0.870. The molecule has 2 rings (SSSR count). The molecule has 1 heterocycles. The summed E-state index contributed by atoms with van der Waals surface area (Å²) >= 11 is 1.84. The molecule has 0 aromatic heterocycles. The highest BCUT2D eigenvalue weighted by Gasteiger charge is 2.31. The van der Waals surface area contributed by atoms with Crippen LogP contribution in [0.4, 0.5) is 0 Å². The smallest absolute Gasteiger partial charge is 0.128 e. The maximum atomic E-state index is 6.19. The Bertz CT molecular complexity index is 434. The van der Waals surface area contributed by atoms with Crippen molar-refractivity contribution in [1.29, 1.82) is 0 Å². The third-order valence-electron chi connectivity index (χ3n) is 3.24. The Morgan fingerprint density at radius 3 is 3.00 bits per heavy atom. The molecule has 0 spiro atoms. The van der Waals surface area contributed by atoms with Gasteiger partial charge in [-0.2, -0.15) is 11.8 Å². The second-order valence-electron chi connectivity index (χ2n) is 5.57. The third kappa shape index (κ3) is 3.80. The van der Waals surface area contributed by atoms with Crippen LogP contribution < -0.4 is 15.2 Å². The molecule has 0 fully saturated rings. The van der Waals surface area contributed by atoms with Crippen LogP contribution in [0.5, 0.6) is 11.5 Å². The number of fused-ring (bicyclic) bond motifs is 1. The minimum atomic E-state index is -0.204. The first-order valence-corrected chi connectivity index (χ1v) is 8.11. The molecule has 1 unspecified atom stereocenters. The van der Waals surface area contributed by atoms with Crippen molar-refractivity contribution in [3.05, 3.63) is 23.8 Å². The average molecular weight is 281 g/mol. The fourth-order valence-electron chi connectivity index (χ4n) is 2.37. The van der Waals surface area contributed by atoms with Crippen molar-refractivity contribution in [2.75, 3.05) is 18.6 Å². The van der Waals surface area contributed by atoms with E-state index in [0.717, 1.165) is 42.3 Å². The standard InChI is InChI=1S/C15H23NO2S/c1-15(2)10-13(16)12-6-5-11(9-14(12)18-15)17-7-4-8-19-3/h5-6,9,13H,4,7-8,10,16H2,1-3H3. The van der Waals surface area contributed by atoms with Gasteiger partial charge < -0.3 is 15.2 Å². The summed E-state index contributed by atoms with van der Waals surface area (Å²) < 4.78 is 11.7. The van der Waals surface area contributed by atoms with Gasteiger partial charge in [0.15, 0.2) is 0 Å². The van der Waals surface area contributed by atoms with E-state index in [2.05, 4.69) is 20.1 Å². The molecule has 2 N–H and O–H groups in total. The number of ether oxygens (including phenoxy) is 2. The van der Waals surface area contributed by atoms with Crippen LogP contribution in [0.2, 0.25) is 0 Å². The lowest BCUT2D eigenvalue weighted by molar-refractivity contribution is 0.0724. The second kappa shape index (κ2) is 6.06. The number of rotatable bonds is 5. The summed E-state index contributed by atoms with van der Waals surface area (Å²) in [6.45, 7) is 4.89. The molecule has 0 aliphatic carbocycles. The summed E-state index contributed by atoms with van der Waals surface area (Å²) in [5.74, 6) is 2.86. The van der Waals surface area contributed by atoms with Crippen LogP contribution in [0.15, 0.2) is 18.2 Å². The Morgan fingerprint density at radius 2 is 2.26 bits per heavy atom. The molecule has 3 nitrogen and oxygen atoms in total. The average Bonchev–Trinajstić information content (AvgIpc) is 2.32. The first kappa shape index (κ1) is 14.5. The zero-order chi connectivity index (χ0) is 13.9. The van der Waals surface area contributed by atoms with Gasteiger partial charge in [0.1, 0.15) is 17.1 Å². The van der Waals surface area contributed by atoms with E-state index in [-0.39, 0.29) is 11.6 Å². The summed E-state index contributed by atoms with van der Waals surface area (Å²) in [5.41, 5.74) is 7.06. The van der Waals surface area contributed by atoms with Crippen molar-refractivity contribution in [3.8, 4) is 11.5 Å². The molecule has 1 aliphatic rings. The summed E-state index contributed by atoms with van der Waals surface area (Å²) in [6, 6.07) is 6.03. The quantitative estimate of drug-likeness (QED) is 0.840. The summed E-state index contributed by atoms with van der Waals surface area (Å²) in [5, 5.41) is 0. The molecule has 1 aromatic carbocycles. The van der Waals surface area contributed by atoms with E-state index in [1.807, 2.05) is 30.0 Å². The van der Waals surface area contributed by atoms with Gasteiger partial charge in [-0.1, -0.05) is 6.07 Å². The van der Waals surface area contributed by atoms with Crippen molar-refractivity contribution >= 4 is 11.8 Å². The van der Waals surface area contributed by atoms with E-state index >= 15 is 0 Å². The van der Waals surface area contributed by atoms with Gasteiger partial charge in [-0.05, 0) is 38.3 Å². The van der Waals surface area contributed by atoms with Crippen LogP contribution in [0.25, 0.3) is 0 Å². The normalized spacial score (nSPS) is 20.5. The van der Waals surface area contributed by atoms with E-state index in [1.165, 1.54) is 0 Å². The molecular formula is C15H23NO2S. The minimum Gasteiger partial charge on any atom is -0.493 e. The molecule has 1 aliphatic heterocycles. The highest BCUT2D eigenvalue weighted by atomic mass is 32.2. The van der Waals surface area contributed by atoms with E-state index < -0.39 is 0 Å². The van der Waals surface area contributed by atoms with Crippen LogP contribution in [-0.4, -0.2) is 24.2 Å². The fourth-order valence-corrected chi connectivity index (χ4v) is 2.78. The monoisotopic (exact) mass is 281 g/mol. The Morgan fingerprint density at radius 1 is 1.47 bits per heavy atom. The largest absolute Gasteiger partial charge is 0.493 e. The van der Waals surface area contributed by atoms with Crippen LogP contribution in [0.1, 0.15) is 38.3 Å². The molecular weight excluding hydrogens is 258 g/mol. The number of hydrogen-bond acceptors (Lipinski definition) is 4. The van der Waals surface area contributed by atoms with Gasteiger partial charge in [0.2, 0.25) is 0 Å². The molecule has 0 bridgehead atoms. The summed E-state index contributed by atoms with van der Waals surface area (Å²) in [6.07, 6.45) is 4.01. The molecule has 0 radical (unpaired) electrons. The van der Waals surface area contributed by atoms with Gasteiger partial charge in [-0.15, -0.1) is 0 Å². The lowest BCUT2D eigenvalue weighted by atomic mass is 9.90. The minimum absolute atomic E-state index is 0.0456. The van der Waals surface area contributed by atoms with Gasteiger partial charge in [-0.3, -0.25) is 0 Å². The van der Waals surface area contributed by atoms with Crippen molar-refractivity contribution in [3.63, 3.8) is 0 Å². The Labute approximate surface area is 119 Å². The van der Waals surface area contributed by atoms with Gasteiger partial charge in [0.25, 0.3) is 0 Å². The van der Waals surface area contributed by atoms with Crippen LogP contribution in [0.3, 0.4) is 0 Å². The van der Waals surface area contributed by atoms with Crippen molar-refractivity contribution in [2.45, 2.75) is 38.3 Å². The Balaban J connectivity index is 2.06. The number of thioether (sulfide) groups is 1. The molecule has 0 amide bonds. The zero-order valence-electron chi connectivity index (χ0n) is 11.9. The third-order valence-corrected chi connectivity index (χ3v) is 3.94. The van der Waals surface area contributed by atoms with Crippen LogP contribution >= 0.6 is 11.8 Å². The van der Waals surface area contributed by atoms with Gasteiger partial charge >= 0.3 is 0 Å². The topological polar surface area (TPSA) is 44.5 Å². The molecule has 0 saturated carbocycles. The second-order valence-corrected chi connectivity index (χ2v) is 6.55. The van der Waals surface area contributed by atoms with E-state index in [1.54, 1.807) is 0 Å². The first-order valence-electron chi connectivity index (χ1n) is 6.72. The molecule has 106 valence electrons. The Kier molecular flexibility index (Phi) is 4.63. The van der Waals surface area contributed by atoms with Crippen molar-refractivity contribution in [1.82, 2.24) is 0 Å². The summed E-state index contributed by atoms with van der Waals surface area (Å²) in [7, 11) is 0. The van der Waals surface area contributed by atoms with Crippen LogP contribution in [0, 0.1) is 0 Å². The number of benzene rings is 1. The van der Waals surface area contributed by atoms with E-state index in [0.29, 0.717) is 0 Å². The number of hydrogen-bond donors (Lipinski definition) is 1. The van der Waals surface area contributed by atoms with E-state index in [9.17, 15) is 0 Å². The van der Waals surface area contributed by atoms with Gasteiger partial charge in [-0.25, -0.2) is 0 Å². The lowest BCUT2D eigenvalue weighted by Gasteiger charge is -2.36. The molecule has 1 atom stereocenters. The SMILES string of the molecule is CSCCCOc1ccc2c(c1)OC(C)(C)CC2N. The van der Waals surface area contributed by atoms with Gasteiger partial charge in [0, 0.05) is 24.1 Å². The molecule has 19 heavy (non-hydrogen) atoms. The van der Waals surface area contributed by atoms with Crippen molar-refractivity contribution in [2.24, 2.45) is 5.73 Å². The van der Waals surface area contributed by atoms with Gasteiger partial charge in [0.05, 0.1) is 6.61 Å². The zero-order valence-corrected chi connectivity index (χ0v) is 12.8. The summed E-state index contributed by atoms with van der Waals surface area (Å²) in [4.78, 5) is 0. The van der Waals surface area contributed by atoms with E-state index in [4.69, 9.17) is 15.2 Å². The predicted molar refractivity (Wildman–Crippen MR) is 81.2 cm³/mol. The first-order chi connectivity index (χ1) is 9.02.